The highest BCUT2D eigenvalue weighted by molar-refractivity contribution is 7.13. The molecule has 0 saturated carbocycles. The largest absolute Gasteiger partial charge is 0.489 e. The molecule has 0 spiro atoms. The van der Waals surface area contributed by atoms with Gasteiger partial charge >= 0.3 is 0 Å². The van der Waals surface area contributed by atoms with Crippen LogP contribution in [0.25, 0.3) is 0 Å². The number of anilines is 1. The molecule has 0 aliphatic carbocycles. The predicted molar refractivity (Wildman–Crippen MR) is 104 cm³/mol. The molecular formula is C20H21N3O2S. The number of hydrogen-bond donors (Lipinski definition) is 1. The number of carbonyl (C=O) groups is 1. The zero-order valence-electron chi connectivity index (χ0n) is 15.0. The molecule has 3 rings (SSSR count). The van der Waals surface area contributed by atoms with E-state index in [9.17, 15) is 4.79 Å². The van der Waals surface area contributed by atoms with E-state index >= 15 is 0 Å². The van der Waals surface area contributed by atoms with Crippen LogP contribution in [0.4, 0.5) is 5.13 Å². The molecule has 5 nitrogen and oxygen atoms in total. The fraction of sp³-hybridized carbons (Fsp3) is 0.250. The Balaban J connectivity index is 1.56. The Kier molecular flexibility index (Phi) is 5.32. The molecule has 1 aromatic heterocycles. The Morgan fingerprint density at radius 3 is 2.35 bits per heavy atom. The van der Waals surface area contributed by atoms with Gasteiger partial charge in [-0.15, -0.1) is 10.2 Å². The monoisotopic (exact) mass is 367 g/mol. The molecular weight excluding hydrogens is 346 g/mol. The number of nitrogens with one attached hydrogen (secondary N) is 1. The molecule has 3 aromatic rings. The van der Waals surface area contributed by atoms with Crippen molar-refractivity contribution in [2.45, 2.75) is 32.8 Å². The zero-order chi connectivity index (χ0) is 18.6. The highest BCUT2D eigenvalue weighted by Gasteiger charge is 2.13. The van der Waals surface area contributed by atoms with Crippen LogP contribution in [0.3, 0.4) is 0 Å². The summed E-state index contributed by atoms with van der Waals surface area (Å²) in [6.45, 7) is 7.01. The summed E-state index contributed by atoms with van der Waals surface area (Å²) in [6, 6.07) is 15.5. The second kappa shape index (κ2) is 7.66. The normalized spacial score (nSPS) is 11.2. The smallest absolute Gasteiger partial charge is 0.257 e. The van der Waals surface area contributed by atoms with E-state index in [-0.39, 0.29) is 11.3 Å². The maximum Gasteiger partial charge on any atom is 0.257 e. The highest BCUT2D eigenvalue weighted by atomic mass is 32.1. The number of amides is 1. The lowest BCUT2D eigenvalue weighted by Gasteiger charge is -2.19. The molecule has 134 valence electrons. The average Bonchev–Trinajstić information content (AvgIpc) is 3.13. The molecule has 0 bridgehead atoms. The van der Waals surface area contributed by atoms with E-state index < -0.39 is 0 Å². The van der Waals surface area contributed by atoms with Gasteiger partial charge in [-0.3, -0.25) is 10.1 Å². The van der Waals surface area contributed by atoms with Crippen LogP contribution in [0.15, 0.2) is 54.0 Å². The summed E-state index contributed by atoms with van der Waals surface area (Å²) in [7, 11) is 0. The van der Waals surface area contributed by atoms with E-state index in [1.807, 2.05) is 24.3 Å². The first kappa shape index (κ1) is 18.1. The first-order valence-corrected chi connectivity index (χ1v) is 9.19. The molecule has 0 atom stereocenters. The molecule has 0 unspecified atom stereocenters. The van der Waals surface area contributed by atoms with Crippen molar-refractivity contribution < 1.29 is 9.53 Å². The summed E-state index contributed by atoms with van der Waals surface area (Å²) in [5, 5.41) is 10.7. The van der Waals surface area contributed by atoms with E-state index in [0.717, 1.165) is 11.3 Å². The van der Waals surface area contributed by atoms with Crippen LogP contribution in [0.1, 0.15) is 42.3 Å². The summed E-state index contributed by atoms with van der Waals surface area (Å²) < 4.78 is 5.83. The summed E-state index contributed by atoms with van der Waals surface area (Å²) in [5.41, 5.74) is 4.54. The van der Waals surface area contributed by atoms with Gasteiger partial charge in [0.25, 0.3) is 5.91 Å². The number of aromatic nitrogens is 2. The first-order chi connectivity index (χ1) is 12.4. The van der Waals surface area contributed by atoms with E-state index in [2.05, 4.69) is 48.4 Å². The van der Waals surface area contributed by atoms with Gasteiger partial charge in [0.1, 0.15) is 17.9 Å². The molecule has 0 aliphatic heterocycles. The van der Waals surface area contributed by atoms with Gasteiger partial charge in [-0.05, 0) is 40.8 Å². The third-order valence-corrected chi connectivity index (χ3v) is 4.53. The lowest BCUT2D eigenvalue weighted by Crippen LogP contribution is -2.11. The zero-order valence-corrected chi connectivity index (χ0v) is 15.8. The van der Waals surface area contributed by atoms with E-state index in [4.69, 9.17) is 4.74 Å². The van der Waals surface area contributed by atoms with Gasteiger partial charge in [-0.25, -0.2) is 0 Å². The lowest BCUT2D eigenvalue weighted by atomic mass is 9.87. The maximum absolute atomic E-state index is 12.1. The molecule has 1 amide bonds. The minimum absolute atomic E-state index is 0.129. The maximum atomic E-state index is 12.1. The number of ether oxygens (including phenoxy) is 1. The number of rotatable bonds is 5. The molecule has 0 saturated heterocycles. The summed E-state index contributed by atoms with van der Waals surface area (Å²) >= 11 is 1.28. The molecule has 0 aliphatic rings. The van der Waals surface area contributed by atoms with Gasteiger partial charge in [0.05, 0.1) is 0 Å². The van der Waals surface area contributed by atoms with Crippen LogP contribution in [0.5, 0.6) is 5.75 Å². The van der Waals surface area contributed by atoms with Crippen LogP contribution < -0.4 is 10.1 Å². The minimum atomic E-state index is -0.202. The van der Waals surface area contributed by atoms with Crippen molar-refractivity contribution in [2.24, 2.45) is 0 Å². The number of hydrogen-bond acceptors (Lipinski definition) is 5. The van der Waals surface area contributed by atoms with Gasteiger partial charge in [-0.1, -0.05) is 56.4 Å². The Morgan fingerprint density at radius 1 is 1.08 bits per heavy atom. The van der Waals surface area contributed by atoms with Crippen molar-refractivity contribution in [1.82, 2.24) is 10.2 Å². The van der Waals surface area contributed by atoms with Gasteiger partial charge in [0.2, 0.25) is 5.13 Å². The quantitative estimate of drug-likeness (QED) is 0.712. The van der Waals surface area contributed by atoms with Gasteiger partial charge in [-0.2, -0.15) is 0 Å². The van der Waals surface area contributed by atoms with Gasteiger partial charge in [0.15, 0.2) is 0 Å². The van der Waals surface area contributed by atoms with Crippen LogP contribution >= 0.6 is 11.3 Å². The van der Waals surface area contributed by atoms with E-state index in [1.165, 1.54) is 16.9 Å². The molecule has 26 heavy (non-hydrogen) atoms. The first-order valence-electron chi connectivity index (χ1n) is 8.31. The van der Waals surface area contributed by atoms with E-state index in [1.54, 1.807) is 17.6 Å². The Bertz CT molecular complexity index is 852. The van der Waals surface area contributed by atoms with Crippen molar-refractivity contribution >= 4 is 22.4 Å². The molecule has 6 heteroatoms. The van der Waals surface area contributed by atoms with Crippen molar-refractivity contribution in [3.63, 3.8) is 0 Å². The summed E-state index contributed by atoms with van der Waals surface area (Å²) in [5.74, 6) is 0.628. The third kappa shape index (κ3) is 4.67. The second-order valence-electron chi connectivity index (χ2n) is 6.96. The Hall–Kier alpha value is -2.73. The molecule has 0 fully saturated rings. The number of benzene rings is 2. The molecule has 0 radical (unpaired) electrons. The van der Waals surface area contributed by atoms with Crippen LogP contribution in [0, 0.1) is 0 Å². The predicted octanol–water partition coefficient (Wildman–Crippen LogP) is 4.67. The number of carbonyl (C=O) groups excluding carboxylic acids is 1. The molecule has 2 aromatic carbocycles. The van der Waals surface area contributed by atoms with Crippen molar-refractivity contribution in [2.75, 3.05) is 5.32 Å². The fourth-order valence-electron chi connectivity index (χ4n) is 2.37. The minimum Gasteiger partial charge on any atom is -0.489 e. The Morgan fingerprint density at radius 2 is 1.77 bits per heavy atom. The standard InChI is InChI=1S/C20H21N3O2S/c1-20(2,3)16-8-10-17(11-9-16)25-12-14-4-6-15(7-5-14)18(24)22-19-23-21-13-26-19/h4-11,13H,12H2,1-3H3,(H,22,23,24). The topological polar surface area (TPSA) is 64.1 Å². The fourth-order valence-corrected chi connectivity index (χ4v) is 2.81. The third-order valence-electron chi connectivity index (χ3n) is 3.92. The Labute approximate surface area is 157 Å². The summed E-state index contributed by atoms with van der Waals surface area (Å²) in [6.07, 6.45) is 0. The van der Waals surface area contributed by atoms with E-state index in [0.29, 0.717) is 17.3 Å². The summed E-state index contributed by atoms with van der Waals surface area (Å²) in [4.78, 5) is 12.1. The van der Waals surface area contributed by atoms with Gasteiger partial charge in [0, 0.05) is 5.56 Å². The van der Waals surface area contributed by atoms with Crippen molar-refractivity contribution in [1.29, 1.82) is 0 Å². The SMILES string of the molecule is CC(C)(C)c1ccc(OCc2ccc(C(=O)Nc3nncs3)cc2)cc1. The van der Waals surface area contributed by atoms with Crippen molar-refractivity contribution in [3.05, 3.63) is 70.7 Å². The van der Waals surface area contributed by atoms with Crippen LogP contribution in [0.2, 0.25) is 0 Å². The lowest BCUT2D eigenvalue weighted by molar-refractivity contribution is 0.102. The molecule has 1 heterocycles. The highest BCUT2D eigenvalue weighted by Crippen LogP contribution is 2.24. The van der Waals surface area contributed by atoms with Crippen LogP contribution in [-0.2, 0) is 12.0 Å². The number of nitrogens with zero attached hydrogens (tertiary/aromatic N) is 2. The van der Waals surface area contributed by atoms with Crippen molar-refractivity contribution in [3.8, 4) is 5.75 Å². The molecule has 1 N–H and O–H groups in total. The van der Waals surface area contributed by atoms with Gasteiger partial charge < -0.3 is 4.74 Å². The second-order valence-corrected chi connectivity index (χ2v) is 7.79. The average molecular weight is 367 g/mol. The van der Waals surface area contributed by atoms with Crippen LogP contribution in [-0.4, -0.2) is 16.1 Å².